The van der Waals surface area contributed by atoms with Crippen LogP contribution in [0, 0.1) is 10.1 Å². The number of nitro groups is 1. The normalized spacial score (nSPS) is 16.1. The molecule has 8 nitrogen and oxygen atoms in total. The van der Waals surface area contributed by atoms with Crippen LogP contribution in [0.15, 0.2) is 18.2 Å². The molecule has 2 rings (SSSR count). The fraction of sp³-hybridized carbons (Fsp3) is 0.500. The Balaban J connectivity index is 1.98. The Morgan fingerprint density at radius 1 is 1.52 bits per heavy atom. The van der Waals surface area contributed by atoms with E-state index in [1.54, 1.807) is 25.1 Å². The molecule has 0 bridgehead atoms. The number of fused-ring (bicyclic) bond motifs is 1. The van der Waals surface area contributed by atoms with Gasteiger partial charge in [-0.05, 0) is 25.0 Å². The molecule has 0 spiro atoms. The minimum atomic E-state index is -1.25. The molecule has 0 aliphatic carbocycles. The second kappa shape index (κ2) is 7.93. The molecule has 0 fully saturated rings. The minimum absolute atomic E-state index is 0.242. The molecule has 9 heteroatoms. The second-order valence-electron chi connectivity index (χ2n) is 5.01. The highest BCUT2D eigenvalue weighted by Gasteiger charge is 2.40. The molecule has 1 atom stereocenters. The first kappa shape index (κ1) is 17.2. The van der Waals surface area contributed by atoms with Crippen LogP contribution < -0.4 is 10.2 Å². The summed E-state index contributed by atoms with van der Waals surface area (Å²) in [6.07, 6.45) is -0.0815. The summed E-state index contributed by atoms with van der Waals surface area (Å²) in [5, 5.41) is 20.6. The van der Waals surface area contributed by atoms with Gasteiger partial charge in [0.2, 0.25) is 6.54 Å². The van der Waals surface area contributed by atoms with Crippen LogP contribution in [-0.2, 0) is 14.2 Å². The van der Waals surface area contributed by atoms with Gasteiger partial charge in [0, 0.05) is 16.8 Å². The maximum Gasteiger partial charge on any atom is 0.496 e. The number of hydrogen-bond acceptors (Lipinski definition) is 7. The van der Waals surface area contributed by atoms with Crippen molar-refractivity contribution in [2.24, 2.45) is 0 Å². The van der Waals surface area contributed by atoms with Crippen LogP contribution >= 0.6 is 0 Å². The van der Waals surface area contributed by atoms with Gasteiger partial charge in [0.05, 0.1) is 13.2 Å². The third kappa shape index (κ3) is 4.43. The third-order valence-corrected chi connectivity index (χ3v) is 3.39. The summed E-state index contributed by atoms with van der Waals surface area (Å²) in [6, 6.07) is 5.02. The fourth-order valence-electron chi connectivity index (χ4n) is 2.44. The van der Waals surface area contributed by atoms with E-state index in [-0.39, 0.29) is 19.0 Å². The number of carbonyl (C=O) groups excluding carboxylic acids is 1. The van der Waals surface area contributed by atoms with Crippen LogP contribution in [0.1, 0.15) is 31.4 Å². The lowest BCUT2D eigenvalue weighted by Crippen LogP contribution is -2.30. The quantitative estimate of drug-likeness (QED) is 0.243. The van der Waals surface area contributed by atoms with Gasteiger partial charge >= 0.3 is 13.1 Å². The van der Waals surface area contributed by atoms with Crippen LogP contribution in [0.25, 0.3) is 0 Å². The molecular weight excluding hydrogens is 305 g/mol. The predicted octanol–water partition coefficient (Wildman–Crippen LogP) is 0.444. The average molecular weight is 323 g/mol. The van der Waals surface area contributed by atoms with Gasteiger partial charge < -0.3 is 19.2 Å². The second-order valence-corrected chi connectivity index (χ2v) is 5.01. The summed E-state index contributed by atoms with van der Waals surface area (Å²) >= 11 is 0. The van der Waals surface area contributed by atoms with Crippen molar-refractivity contribution in [3.8, 4) is 5.75 Å². The number of carbonyl (C=O) groups is 1. The number of nitrogens with zero attached hydrogens (tertiary/aromatic N) is 1. The van der Waals surface area contributed by atoms with Crippen LogP contribution in [0.5, 0.6) is 5.75 Å². The van der Waals surface area contributed by atoms with Crippen molar-refractivity contribution in [1.29, 1.82) is 0 Å². The molecule has 0 saturated carbocycles. The van der Waals surface area contributed by atoms with E-state index in [2.05, 4.69) is 0 Å². The third-order valence-electron chi connectivity index (χ3n) is 3.39. The van der Waals surface area contributed by atoms with Crippen LogP contribution in [0.3, 0.4) is 0 Å². The molecule has 1 aliphatic rings. The van der Waals surface area contributed by atoms with E-state index in [0.29, 0.717) is 29.8 Å². The molecule has 1 aromatic rings. The molecule has 0 aromatic heterocycles. The van der Waals surface area contributed by atoms with Crippen molar-refractivity contribution in [2.75, 3.05) is 19.8 Å². The molecule has 1 heterocycles. The first-order valence-electron chi connectivity index (χ1n) is 7.39. The topological polar surface area (TPSA) is 108 Å². The van der Waals surface area contributed by atoms with E-state index >= 15 is 0 Å². The van der Waals surface area contributed by atoms with Crippen molar-refractivity contribution in [3.05, 3.63) is 33.9 Å². The number of esters is 1. The van der Waals surface area contributed by atoms with Crippen LogP contribution in [0.2, 0.25) is 0 Å². The van der Waals surface area contributed by atoms with Crippen LogP contribution in [0.4, 0.5) is 0 Å². The highest BCUT2D eigenvalue weighted by atomic mass is 16.6. The molecule has 23 heavy (non-hydrogen) atoms. The molecule has 1 unspecified atom stereocenters. The Bertz CT molecular complexity index is 580. The summed E-state index contributed by atoms with van der Waals surface area (Å²) in [5.41, 5.74) is 0.965. The van der Waals surface area contributed by atoms with Crippen molar-refractivity contribution < 1.29 is 28.9 Å². The Kier molecular flexibility index (Phi) is 5.94. The molecule has 0 saturated heterocycles. The molecular formula is C14H18BNO7. The van der Waals surface area contributed by atoms with Gasteiger partial charge in [0.15, 0.2) is 0 Å². The standard InChI is InChI=1S/C14H18BNO7/c1-2-21-13(17)7-4-8-22-11-6-3-5-10-12(9-16(19)20)23-15(18)14(10)11/h3,5-6,12,18H,2,4,7-9H2,1H3. The van der Waals surface area contributed by atoms with E-state index in [0.717, 1.165) is 0 Å². The van der Waals surface area contributed by atoms with E-state index in [4.69, 9.17) is 14.1 Å². The first-order chi connectivity index (χ1) is 11.0. The Morgan fingerprint density at radius 2 is 2.30 bits per heavy atom. The summed E-state index contributed by atoms with van der Waals surface area (Å²) in [4.78, 5) is 21.4. The van der Waals surface area contributed by atoms with Crippen molar-refractivity contribution in [2.45, 2.75) is 25.9 Å². The number of hydrogen-bond donors (Lipinski definition) is 1. The molecule has 0 amide bonds. The monoisotopic (exact) mass is 323 g/mol. The smallest absolute Gasteiger partial charge is 0.494 e. The van der Waals surface area contributed by atoms with Gasteiger partial charge in [0.25, 0.3) is 0 Å². The zero-order valence-corrected chi connectivity index (χ0v) is 12.8. The lowest BCUT2D eigenvalue weighted by molar-refractivity contribution is -0.490. The number of rotatable bonds is 8. The highest BCUT2D eigenvalue weighted by Crippen LogP contribution is 2.27. The largest absolute Gasteiger partial charge is 0.496 e. The molecule has 124 valence electrons. The van der Waals surface area contributed by atoms with Crippen molar-refractivity contribution >= 4 is 18.6 Å². The van der Waals surface area contributed by atoms with Gasteiger partial charge in [-0.25, -0.2) is 0 Å². The van der Waals surface area contributed by atoms with E-state index in [1.807, 2.05) is 0 Å². The lowest BCUT2D eigenvalue weighted by atomic mass is 9.78. The molecule has 1 aliphatic heterocycles. The van der Waals surface area contributed by atoms with E-state index < -0.39 is 24.7 Å². The van der Waals surface area contributed by atoms with Gasteiger partial charge in [-0.2, -0.15) is 0 Å². The first-order valence-corrected chi connectivity index (χ1v) is 7.39. The lowest BCUT2D eigenvalue weighted by Gasteiger charge is -2.11. The van der Waals surface area contributed by atoms with E-state index in [9.17, 15) is 19.9 Å². The van der Waals surface area contributed by atoms with Gasteiger partial charge in [0.1, 0.15) is 11.9 Å². The minimum Gasteiger partial charge on any atom is -0.494 e. The zero-order valence-electron chi connectivity index (χ0n) is 12.8. The Hall–Kier alpha value is -2.13. The summed E-state index contributed by atoms with van der Waals surface area (Å²) in [5.74, 6) is 0.119. The van der Waals surface area contributed by atoms with Crippen molar-refractivity contribution in [3.63, 3.8) is 0 Å². The zero-order chi connectivity index (χ0) is 16.8. The average Bonchev–Trinajstić information content (AvgIpc) is 2.80. The van der Waals surface area contributed by atoms with Gasteiger partial charge in [-0.15, -0.1) is 0 Å². The summed E-state index contributed by atoms with van der Waals surface area (Å²) in [7, 11) is -1.25. The van der Waals surface area contributed by atoms with Gasteiger partial charge in [-0.3, -0.25) is 14.9 Å². The molecule has 1 aromatic carbocycles. The van der Waals surface area contributed by atoms with Crippen molar-refractivity contribution in [1.82, 2.24) is 0 Å². The summed E-state index contributed by atoms with van der Waals surface area (Å²) in [6.45, 7) is 1.93. The van der Waals surface area contributed by atoms with Gasteiger partial charge in [-0.1, -0.05) is 12.1 Å². The molecule has 1 N–H and O–H groups in total. The van der Waals surface area contributed by atoms with E-state index in [1.165, 1.54) is 0 Å². The number of benzene rings is 1. The fourth-order valence-corrected chi connectivity index (χ4v) is 2.44. The Labute approximate surface area is 133 Å². The SMILES string of the molecule is CCOC(=O)CCCOc1cccc2c1B(O)OC2C[N+](=O)[O-]. The summed E-state index contributed by atoms with van der Waals surface area (Å²) < 4.78 is 15.6. The molecule has 0 radical (unpaired) electrons. The Morgan fingerprint density at radius 3 is 3.00 bits per heavy atom. The maximum atomic E-state index is 11.2. The van der Waals surface area contributed by atoms with Crippen LogP contribution in [-0.4, -0.2) is 42.8 Å². The number of ether oxygens (including phenoxy) is 2. The predicted molar refractivity (Wildman–Crippen MR) is 81.1 cm³/mol. The highest BCUT2D eigenvalue weighted by molar-refractivity contribution is 6.62. The maximum absolute atomic E-state index is 11.2.